The average molecular weight is 384 g/mol. The smallest absolute Gasteiger partial charge is 0.255 e. The third kappa shape index (κ3) is 2.81. The minimum Gasteiger partial charge on any atom is -0.339 e. The molecule has 26 heavy (non-hydrogen) atoms. The number of pyridine rings is 1. The van der Waals surface area contributed by atoms with Gasteiger partial charge in [-0.05, 0) is 17.0 Å². The van der Waals surface area contributed by atoms with Gasteiger partial charge in [0.1, 0.15) is 0 Å². The summed E-state index contributed by atoms with van der Waals surface area (Å²) in [5, 5.41) is 8.74. The summed E-state index contributed by atoms with van der Waals surface area (Å²) in [7, 11) is -3.84. The van der Waals surface area contributed by atoms with E-state index < -0.39 is 15.9 Å². The van der Waals surface area contributed by atoms with E-state index in [9.17, 15) is 17.2 Å². The van der Waals surface area contributed by atoms with Crippen LogP contribution in [0.4, 0.5) is 8.78 Å². The van der Waals surface area contributed by atoms with Gasteiger partial charge in [0.25, 0.3) is 10.0 Å². The largest absolute Gasteiger partial charge is 0.339 e. The number of alkyl halides is 2. The van der Waals surface area contributed by atoms with Crippen molar-refractivity contribution in [2.24, 2.45) is 10.6 Å². The molecule has 4 rings (SSSR count). The predicted molar refractivity (Wildman–Crippen MR) is 86.1 cm³/mol. The van der Waals surface area contributed by atoms with Crippen LogP contribution < -0.4 is 5.14 Å². The summed E-state index contributed by atoms with van der Waals surface area (Å²) in [6.07, 6.45) is 0.987. The molecule has 2 heterocycles. The lowest BCUT2D eigenvalue weighted by Gasteiger charge is -2.32. The van der Waals surface area contributed by atoms with Gasteiger partial charge in [0, 0.05) is 30.9 Å². The van der Waals surface area contributed by atoms with Gasteiger partial charge in [-0.15, -0.1) is 0 Å². The molecule has 2 aliphatic rings. The highest BCUT2D eigenvalue weighted by Crippen LogP contribution is 2.69. The Balaban J connectivity index is 1.54. The van der Waals surface area contributed by atoms with E-state index in [0.29, 0.717) is 11.7 Å². The highest BCUT2D eigenvalue weighted by atomic mass is 32.2. The summed E-state index contributed by atoms with van der Waals surface area (Å²) < 4.78 is 54.0. The molecule has 0 aromatic carbocycles. The minimum absolute atomic E-state index is 0.0145. The van der Waals surface area contributed by atoms with Gasteiger partial charge in [-0.2, -0.15) is 4.98 Å². The molecule has 0 spiro atoms. The maximum Gasteiger partial charge on any atom is 0.255 e. The van der Waals surface area contributed by atoms with Gasteiger partial charge in [0.05, 0.1) is 5.92 Å². The Morgan fingerprint density at radius 3 is 2.46 bits per heavy atom. The summed E-state index contributed by atoms with van der Waals surface area (Å²) >= 11 is 0. The third-order valence-corrected chi connectivity index (χ3v) is 6.24. The van der Waals surface area contributed by atoms with Crippen LogP contribution in [-0.2, 0) is 10.0 Å². The maximum absolute atomic E-state index is 13.0. The Bertz CT molecular complexity index is 948. The SMILES string of the molecule is CC1(C)[C@@H](c2ccc(S(N)(=O)=O)nc2)[C@@H]1c1nc(C2CC(F)(F)C2)no1. The minimum atomic E-state index is -3.84. The number of rotatable bonds is 4. The van der Waals surface area contributed by atoms with Crippen LogP contribution in [0.15, 0.2) is 27.9 Å². The first kappa shape index (κ1) is 17.5. The molecule has 0 aliphatic heterocycles. The molecular weight excluding hydrogens is 366 g/mol. The molecule has 0 unspecified atom stereocenters. The predicted octanol–water partition coefficient (Wildman–Crippen LogP) is 2.53. The lowest BCUT2D eigenvalue weighted by atomic mass is 9.81. The van der Waals surface area contributed by atoms with Gasteiger partial charge in [-0.25, -0.2) is 27.3 Å². The Hall–Kier alpha value is -1.94. The van der Waals surface area contributed by atoms with E-state index in [1.54, 1.807) is 6.07 Å². The molecule has 140 valence electrons. The first-order chi connectivity index (χ1) is 12.0. The number of nitrogens with zero attached hydrogens (tertiary/aromatic N) is 3. The lowest BCUT2D eigenvalue weighted by Crippen LogP contribution is -2.34. The summed E-state index contributed by atoms with van der Waals surface area (Å²) in [5.41, 5.74) is 0.639. The molecule has 0 radical (unpaired) electrons. The Morgan fingerprint density at radius 2 is 1.92 bits per heavy atom. The van der Waals surface area contributed by atoms with Crippen LogP contribution in [0.5, 0.6) is 0 Å². The van der Waals surface area contributed by atoms with E-state index in [2.05, 4.69) is 15.1 Å². The van der Waals surface area contributed by atoms with E-state index in [0.717, 1.165) is 5.56 Å². The molecule has 2 saturated carbocycles. The van der Waals surface area contributed by atoms with Crippen LogP contribution in [0.2, 0.25) is 0 Å². The van der Waals surface area contributed by atoms with Crippen molar-refractivity contribution in [1.29, 1.82) is 0 Å². The second-order valence-corrected chi connectivity index (χ2v) is 9.21. The normalized spacial score (nSPS) is 27.1. The third-order valence-electron chi connectivity index (χ3n) is 5.42. The topological polar surface area (TPSA) is 112 Å². The molecule has 2 N–H and O–H groups in total. The Labute approximate surface area is 149 Å². The fourth-order valence-electron chi connectivity index (χ4n) is 3.85. The molecule has 2 atom stereocenters. The van der Waals surface area contributed by atoms with Crippen molar-refractivity contribution in [3.05, 3.63) is 35.6 Å². The zero-order chi connectivity index (χ0) is 18.9. The molecule has 2 fully saturated rings. The zero-order valence-corrected chi connectivity index (χ0v) is 15.0. The molecule has 0 amide bonds. The average Bonchev–Trinajstić information content (AvgIpc) is 2.87. The molecule has 10 heteroatoms. The van der Waals surface area contributed by atoms with Crippen LogP contribution in [-0.4, -0.2) is 29.5 Å². The van der Waals surface area contributed by atoms with E-state index in [1.165, 1.54) is 12.3 Å². The highest BCUT2D eigenvalue weighted by molar-refractivity contribution is 7.89. The Morgan fingerprint density at radius 1 is 1.23 bits per heavy atom. The van der Waals surface area contributed by atoms with Crippen LogP contribution in [0, 0.1) is 5.41 Å². The van der Waals surface area contributed by atoms with Crippen molar-refractivity contribution in [2.75, 3.05) is 0 Å². The van der Waals surface area contributed by atoms with Gasteiger partial charge >= 0.3 is 0 Å². The first-order valence-electron chi connectivity index (χ1n) is 8.19. The monoisotopic (exact) mass is 384 g/mol. The van der Waals surface area contributed by atoms with Crippen LogP contribution in [0.1, 0.15) is 61.7 Å². The summed E-state index contributed by atoms with van der Waals surface area (Å²) in [4.78, 5) is 8.25. The molecule has 2 aromatic heterocycles. The van der Waals surface area contributed by atoms with Gasteiger partial charge in [0.15, 0.2) is 10.9 Å². The second-order valence-electron chi connectivity index (χ2n) is 7.70. The number of nitrogens with two attached hydrogens (primary N) is 1. The van der Waals surface area contributed by atoms with Gasteiger partial charge in [-0.1, -0.05) is 25.1 Å². The summed E-state index contributed by atoms with van der Waals surface area (Å²) in [6.45, 7) is 4.05. The summed E-state index contributed by atoms with van der Waals surface area (Å²) in [6, 6.07) is 3.04. The summed E-state index contributed by atoms with van der Waals surface area (Å²) in [5.74, 6) is -2.31. The Kier molecular flexibility index (Phi) is 3.55. The van der Waals surface area contributed by atoms with Crippen LogP contribution in [0.25, 0.3) is 0 Å². The number of hydrogen-bond donors (Lipinski definition) is 1. The van der Waals surface area contributed by atoms with Crippen molar-refractivity contribution in [3.63, 3.8) is 0 Å². The number of aromatic nitrogens is 3. The number of hydrogen-bond acceptors (Lipinski definition) is 6. The van der Waals surface area contributed by atoms with Crippen molar-refractivity contribution >= 4 is 10.0 Å². The fraction of sp³-hybridized carbons (Fsp3) is 0.562. The van der Waals surface area contributed by atoms with Crippen molar-refractivity contribution < 1.29 is 21.7 Å². The van der Waals surface area contributed by atoms with Gasteiger partial charge in [-0.3, -0.25) is 0 Å². The maximum atomic E-state index is 13.0. The quantitative estimate of drug-likeness (QED) is 0.867. The second kappa shape index (κ2) is 5.29. The van der Waals surface area contributed by atoms with Crippen molar-refractivity contribution in [1.82, 2.24) is 15.1 Å². The molecular formula is C16H18F2N4O3S. The molecule has 2 aromatic rings. The van der Waals surface area contributed by atoms with Crippen molar-refractivity contribution in [3.8, 4) is 0 Å². The lowest BCUT2D eigenvalue weighted by molar-refractivity contribution is -0.0888. The fourth-order valence-corrected chi connectivity index (χ4v) is 4.31. The van der Waals surface area contributed by atoms with Crippen LogP contribution in [0.3, 0.4) is 0 Å². The number of halogens is 2. The molecule has 0 bridgehead atoms. The molecule has 0 saturated heterocycles. The standard InChI is InChI=1S/C16H18F2N4O3S/c1-15(2)11(8-3-4-10(20-7-8)26(19,23)24)12(15)14-21-13(22-25-14)9-5-16(17,18)6-9/h3-4,7,9,11-12H,5-6H2,1-2H3,(H2,19,23,24)/t11-,12+/m0/s1. The number of sulfonamides is 1. The van der Waals surface area contributed by atoms with Crippen molar-refractivity contribution in [2.45, 2.75) is 55.4 Å². The van der Waals surface area contributed by atoms with Gasteiger partial charge < -0.3 is 4.52 Å². The van der Waals surface area contributed by atoms with Crippen LogP contribution >= 0.6 is 0 Å². The molecule has 2 aliphatic carbocycles. The molecule has 7 nitrogen and oxygen atoms in total. The van der Waals surface area contributed by atoms with E-state index in [4.69, 9.17) is 9.66 Å². The van der Waals surface area contributed by atoms with Gasteiger partial charge in [0.2, 0.25) is 11.8 Å². The van der Waals surface area contributed by atoms with E-state index >= 15 is 0 Å². The first-order valence-corrected chi connectivity index (χ1v) is 9.74. The highest BCUT2D eigenvalue weighted by Gasteiger charge is 2.62. The van der Waals surface area contributed by atoms with E-state index in [1.807, 2.05) is 13.8 Å². The number of primary sulfonamides is 1. The van der Waals surface area contributed by atoms with E-state index in [-0.39, 0.29) is 41.0 Å². The zero-order valence-electron chi connectivity index (χ0n) is 14.2.